The number of hydrogen-bond acceptors (Lipinski definition) is 4. The highest BCUT2D eigenvalue weighted by atomic mass is 16.5. The van der Waals surface area contributed by atoms with Crippen molar-refractivity contribution in [1.82, 2.24) is 4.90 Å². The Hall–Kier alpha value is -1.26. The number of likely N-dealkylation sites (tertiary alicyclic amines) is 1. The summed E-state index contributed by atoms with van der Waals surface area (Å²) >= 11 is 0. The second-order valence-electron chi connectivity index (χ2n) is 5.91. The van der Waals surface area contributed by atoms with Crippen LogP contribution in [-0.4, -0.2) is 50.0 Å². The summed E-state index contributed by atoms with van der Waals surface area (Å²) in [4.78, 5) is 1.98. The topological polar surface area (TPSA) is 41.9 Å². The van der Waals surface area contributed by atoms with Gasteiger partial charge in [-0.05, 0) is 56.9 Å². The van der Waals surface area contributed by atoms with Crippen LogP contribution in [0, 0.1) is 0 Å². The number of aliphatic hydroxyl groups is 1. The number of benzene rings is 1. The minimum absolute atomic E-state index is 0.429. The average molecular weight is 294 g/mol. The molecule has 1 saturated heterocycles. The fourth-order valence-corrected chi connectivity index (χ4v) is 3.68. The standard InChI is InChI=1S/C17H25NO3/c1-18-9-8-17(7-6-13(19)11-16(17)18)12-4-5-14(20-2)15(10-12)21-3/h4-5,10,13,16,19H,6-9,11H2,1-3H3/t13-,16+,17+/m1/s1/i6D,11D2/t6?,13-,16+,17+. The lowest BCUT2D eigenvalue weighted by Crippen LogP contribution is -2.47. The summed E-state index contributed by atoms with van der Waals surface area (Å²) in [6, 6.07) is 5.19. The molecule has 0 radical (unpaired) electrons. The van der Waals surface area contributed by atoms with E-state index in [1.165, 1.54) is 0 Å². The summed E-state index contributed by atoms with van der Waals surface area (Å²) in [5, 5.41) is 10.3. The third-order valence-electron chi connectivity index (χ3n) is 4.87. The van der Waals surface area contributed by atoms with E-state index in [4.69, 9.17) is 13.6 Å². The third kappa shape index (κ3) is 2.30. The molecule has 1 heterocycles. The zero-order chi connectivity index (χ0) is 17.7. The van der Waals surface area contributed by atoms with Gasteiger partial charge in [0.25, 0.3) is 0 Å². The summed E-state index contributed by atoms with van der Waals surface area (Å²) < 4.78 is 35.9. The van der Waals surface area contributed by atoms with E-state index in [0.717, 1.165) is 18.5 Å². The van der Waals surface area contributed by atoms with Crippen LogP contribution in [0.4, 0.5) is 0 Å². The monoisotopic (exact) mass is 294 g/mol. The van der Waals surface area contributed by atoms with Crippen molar-refractivity contribution < 1.29 is 18.7 Å². The quantitative estimate of drug-likeness (QED) is 0.928. The summed E-state index contributed by atoms with van der Waals surface area (Å²) in [6.45, 7) is 0.734. The van der Waals surface area contributed by atoms with E-state index in [1.54, 1.807) is 14.2 Å². The van der Waals surface area contributed by atoms with Gasteiger partial charge in [-0.25, -0.2) is 0 Å². The molecule has 1 aromatic rings. The molecule has 1 aliphatic heterocycles. The van der Waals surface area contributed by atoms with Crippen LogP contribution < -0.4 is 9.47 Å². The smallest absolute Gasteiger partial charge is 0.161 e. The highest BCUT2D eigenvalue weighted by molar-refractivity contribution is 5.46. The van der Waals surface area contributed by atoms with Crippen molar-refractivity contribution in [2.75, 3.05) is 27.8 Å². The van der Waals surface area contributed by atoms with Crippen LogP contribution >= 0.6 is 0 Å². The number of aliphatic hydroxyl groups excluding tert-OH is 1. The van der Waals surface area contributed by atoms with E-state index in [0.29, 0.717) is 17.9 Å². The fourth-order valence-electron chi connectivity index (χ4n) is 3.68. The second-order valence-corrected chi connectivity index (χ2v) is 5.91. The number of hydrogen-bond donors (Lipinski definition) is 1. The van der Waals surface area contributed by atoms with Gasteiger partial charge in [-0.3, -0.25) is 0 Å². The molecule has 1 aromatic carbocycles. The minimum Gasteiger partial charge on any atom is -0.493 e. The van der Waals surface area contributed by atoms with Gasteiger partial charge in [-0.2, -0.15) is 0 Å². The van der Waals surface area contributed by atoms with Crippen molar-refractivity contribution >= 4 is 0 Å². The second kappa shape index (κ2) is 5.50. The van der Waals surface area contributed by atoms with Gasteiger partial charge in [-0.15, -0.1) is 0 Å². The van der Waals surface area contributed by atoms with E-state index < -0.39 is 30.3 Å². The third-order valence-corrected chi connectivity index (χ3v) is 4.87. The first-order chi connectivity index (χ1) is 11.3. The van der Waals surface area contributed by atoms with Crippen molar-refractivity contribution in [3.8, 4) is 11.5 Å². The predicted octanol–water partition coefficient (Wildman–Crippen LogP) is 2.19. The molecule has 2 fully saturated rings. The zero-order valence-electron chi connectivity index (χ0n) is 15.8. The van der Waals surface area contributed by atoms with E-state index >= 15 is 0 Å². The van der Waals surface area contributed by atoms with Crippen molar-refractivity contribution in [3.63, 3.8) is 0 Å². The molecule has 1 saturated carbocycles. The summed E-state index contributed by atoms with van der Waals surface area (Å²) in [6.07, 6.45) is -2.79. The predicted molar refractivity (Wildman–Crippen MR) is 82.1 cm³/mol. The first kappa shape index (κ1) is 11.3. The van der Waals surface area contributed by atoms with Gasteiger partial charge in [0.15, 0.2) is 11.5 Å². The number of methoxy groups -OCH3 is 2. The number of fused-ring (bicyclic) bond motifs is 1. The molecule has 0 spiro atoms. The largest absolute Gasteiger partial charge is 0.493 e. The van der Waals surface area contributed by atoms with Gasteiger partial charge in [0.2, 0.25) is 0 Å². The van der Waals surface area contributed by atoms with E-state index in [1.807, 2.05) is 30.1 Å². The molecule has 4 atom stereocenters. The Balaban J connectivity index is 2.13. The van der Waals surface area contributed by atoms with Crippen LogP contribution in [0.3, 0.4) is 0 Å². The average Bonchev–Trinajstić information content (AvgIpc) is 2.90. The van der Waals surface area contributed by atoms with Gasteiger partial charge in [0.05, 0.1) is 20.3 Å². The molecule has 3 rings (SSSR count). The number of likely N-dealkylation sites (N-methyl/N-ethyl adjacent to an activating group) is 1. The molecule has 4 heteroatoms. The van der Waals surface area contributed by atoms with Gasteiger partial charge in [-0.1, -0.05) is 6.07 Å². The van der Waals surface area contributed by atoms with Crippen molar-refractivity contribution in [3.05, 3.63) is 23.8 Å². The lowest BCUT2D eigenvalue weighted by atomic mass is 9.65. The highest BCUT2D eigenvalue weighted by Crippen LogP contribution is 2.49. The molecule has 1 unspecified atom stereocenters. The van der Waals surface area contributed by atoms with Crippen molar-refractivity contribution in [1.29, 1.82) is 0 Å². The van der Waals surface area contributed by atoms with Crippen molar-refractivity contribution in [2.24, 2.45) is 0 Å². The molecular formula is C17H25NO3. The number of nitrogens with zero attached hydrogens (tertiary/aromatic N) is 1. The molecule has 1 aliphatic carbocycles. The lowest BCUT2D eigenvalue weighted by Gasteiger charge is -2.43. The van der Waals surface area contributed by atoms with Gasteiger partial charge >= 0.3 is 0 Å². The molecule has 2 aliphatic rings. The molecule has 0 bridgehead atoms. The van der Waals surface area contributed by atoms with Gasteiger partial charge < -0.3 is 19.5 Å². The zero-order valence-corrected chi connectivity index (χ0v) is 12.8. The summed E-state index contributed by atoms with van der Waals surface area (Å²) in [7, 11) is 5.05. The summed E-state index contributed by atoms with van der Waals surface area (Å²) in [5.41, 5.74) is 0.436. The molecule has 116 valence electrons. The first-order valence-electron chi connectivity index (χ1n) is 8.88. The minimum atomic E-state index is -1.84. The van der Waals surface area contributed by atoms with Crippen LogP contribution in [0.25, 0.3) is 0 Å². The molecule has 21 heavy (non-hydrogen) atoms. The SMILES string of the molecule is [2H]C1C[C@@]2(c3ccc(OC)c(OC)c3)CCN(C)[C@H]2C([2H])([2H])[C@@H]1O. The Morgan fingerprint density at radius 1 is 1.29 bits per heavy atom. The molecule has 0 aromatic heterocycles. The fraction of sp³-hybridized carbons (Fsp3) is 0.647. The van der Waals surface area contributed by atoms with E-state index in [-0.39, 0.29) is 0 Å². The van der Waals surface area contributed by atoms with E-state index in [9.17, 15) is 5.11 Å². The Kier molecular flexibility index (Phi) is 2.97. The Morgan fingerprint density at radius 3 is 2.76 bits per heavy atom. The summed E-state index contributed by atoms with van der Waals surface area (Å²) in [5.74, 6) is 1.23. The molecule has 1 N–H and O–H groups in total. The van der Waals surface area contributed by atoms with Crippen LogP contribution in [0.5, 0.6) is 11.5 Å². The maximum absolute atomic E-state index is 10.3. The number of rotatable bonds is 3. The van der Waals surface area contributed by atoms with Crippen LogP contribution in [-0.2, 0) is 5.41 Å². The lowest BCUT2D eigenvalue weighted by molar-refractivity contribution is 0.0566. The van der Waals surface area contributed by atoms with Crippen LogP contribution in [0.15, 0.2) is 18.2 Å². The molecule has 0 amide bonds. The Labute approximate surface area is 130 Å². The van der Waals surface area contributed by atoms with Crippen molar-refractivity contribution in [2.45, 2.75) is 43.2 Å². The van der Waals surface area contributed by atoms with E-state index in [2.05, 4.69) is 0 Å². The Morgan fingerprint density at radius 2 is 2.05 bits per heavy atom. The maximum atomic E-state index is 10.3. The first-order valence-corrected chi connectivity index (χ1v) is 7.31. The normalized spacial score (nSPS) is 40.8. The highest BCUT2D eigenvalue weighted by Gasteiger charge is 2.50. The van der Waals surface area contributed by atoms with Crippen LogP contribution in [0.1, 0.15) is 35.3 Å². The van der Waals surface area contributed by atoms with Gasteiger partial charge in [0, 0.05) is 15.6 Å². The molecular weight excluding hydrogens is 266 g/mol. The van der Waals surface area contributed by atoms with Crippen LogP contribution in [0.2, 0.25) is 0 Å². The molecule has 4 nitrogen and oxygen atoms in total. The maximum Gasteiger partial charge on any atom is 0.161 e. The van der Waals surface area contributed by atoms with Gasteiger partial charge in [0.1, 0.15) is 0 Å². The Bertz CT molecular complexity index is 627. The number of ether oxygens (including phenoxy) is 2.